The van der Waals surface area contributed by atoms with Crippen LogP contribution in [0.2, 0.25) is 0 Å². The molecule has 0 radical (unpaired) electrons. The van der Waals surface area contributed by atoms with Gasteiger partial charge >= 0.3 is 0 Å². The summed E-state index contributed by atoms with van der Waals surface area (Å²) in [5, 5.41) is 17.2. The molecule has 0 fully saturated rings. The second-order valence-electron chi connectivity index (χ2n) is 2.64. The highest BCUT2D eigenvalue weighted by atomic mass is 32.2. The lowest BCUT2D eigenvalue weighted by Gasteiger charge is -2.09. The van der Waals surface area contributed by atoms with E-state index in [4.69, 9.17) is 4.42 Å². The summed E-state index contributed by atoms with van der Waals surface area (Å²) in [6.45, 7) is 3.20. The average Bonchev–Trinajstić information content (AvgIpc) is 2.32. The van der Waals surface area contributed by atoms with Gasteiger partial charge in [-0.2, -0.15) is 0 Å². The SMILES string of the molecule is CSc1nnc(C(C)(C)O)o1. The van der Waals surface area contributed by atoms with Gasteiger partial charge in [-0.3, -0.25) is 0 Å². The van der Waals surface area contributed by atoms with Crippen molar-refractivity contribution in [3.05, 3.63) is 5.89 Å². The fraction of sp³-hybridized carbons (Fsp3) is 0.667. The van der Waals surface area contributed by atoms with Crippen LogP contribution in [0.3, 0.4) is 0 Å². The zero-order chi connectivity index (χ0) is 8.48. The highest BCUT2D eigenvalue weighted by Crippen LogP contribution is 2.20. The Hall–Kier alpha value is -0.550. The molecule has 1 N–H and O–H groups in total. The third kappa shape index (κ3) is 1.94. The monoisotopic (exact) mass is 174 g/mol. The third-order valence-electron chi connectivity index (χ3n) is 1.10. The van der Waals surface area contributed by atoms with Gasteiger partial charge in [0.1, 0.15) is 5.60 Å². The van der Waals surface area contributed by atoms with Gasteiger partial charge in [0.15, 0.2) is 0 Å². The first-order valence-electron chi connectivity index (χ1n) is 3.14. The summed E-state index contributed by atoms with van der Waals surface area (Å²) in [6.07, 6.45) is 1.83. The molecule has 4 nitrogen and oxygen atoms in total. The van der Waals surface area contributed by atoms with Crippen molar-refractivity contribution in [1.82, 2.24) is 10.2 Å². The van der Waals surface area contributed by atoms with Gasteiger partial charge < -0.3 is 9.52 Å². The van der Waals surface area contributed by atoms with E-state index in [9.17, 15) is 5.11 Å². The summed E-state index contributed by atoms with van der Waals surface area (Å²) in [5.74, 6) is 0.252. The average molecular weight is 174 g/mol. The van der Waals surface area contributed by atoms with Crippen molar-refractivity contribution in [1.29, 1.82) is 0 Å². The van der Waals surface area contributed by atoms with Crippen LogP contribution in [0.15, 0.2) is 9.64 Å². The zero-order valence-electron chi connectivity index (χ0n) is 6.66. The van der Waals surface area contributed by atoms with Crippen LogP contribution in [0.1, 0.15) is 19.7 Å². The lowest BCUT2D eigenvalue weighted by molar-refractivity contribution is 0.0448. The first kappa shape index (κ1) is 8.55. The molecule has 0 aliphatic heterocycles. The highest BCUT2D eigenvalue weighted by Gasteiger charge is 2.23. The summed E-state index contributed by atoms with van der Waals surface area (Å²) in [4.78, 5) is 0. The smallest absolute Gasteiger partial charge is 0.276 e. The van der Waals surface area contributed by atoms with E-state index >= 15 is 0 Å². The predicted molar refractivity (Wildman–Crippen MR) is 41.3 cm³/mol. The normalized spacial score (nSPS) is 12.0. The first-order valence-corrected chi connectivity index (χ1v) is 4.37. The van der Waals surface area contributed by atoms with Crippen LogP contribution in [0.25, 0.3) is 0 Å². The summed E-state index contributed by atoms with van der Waals surface area (Å²) in [7, 11) is 0. The van der Waals surface area contributed by atoms with Crippen molar-refractivity contribution in [2.45, 2.75) is 24.7 Å². The van der Waals surface area contributed by atoms with E-state index in [1.165, 1.54) is 11.8 Å². The minimum atomic E-state index is -1.04. The maximum absolute atomic E-state index is 9.39. The number of thioether (sulfide) groups is 1. The number of hydrogen-bond acceptors (Lipinski definition) is 5. The van der Waals surface area contributed by atoms with Crippen LogP contribution < -0.4 is 0 Å². The third-order valence-corrected chi connectivity index (χ3v) is 1.62. The molecule has 1 heterocycles. The van der Waals surface area contributed by atoms with Gasteiger partial charge in [0.25, 0.3) is 5.22 Å². The molecule has 0 saturated heterocycles. The van der Waals surface area contributed by atoms with Gasteiger partial charge in [-0.05, 0) is 20.1 Å². The van der Waals surface area contributed by atoms with Crippen molar-refractivity contribution in [3.63, 3.8) is 0 Å². The van der Waals surface area contributed by atoms with Crippen molar-refractivity contribution in [3.8, 4) is 0 Å². The maximum atomic E-state index is 9.39. The number of aliphatic hydroxyl groups is 1. The maximum Gasteiger partial charge on any atom is 0.276 e. The van der Waals surface area contributed by atoms with Crippen molar-refractivity contribution >= 4 is 11.8 Å². The van der Waals surface area contributed by atoms with Gasteiger partial charge in [-0.25, -0.2) is 0 Å². The Bertz CT molecular complexity index is 241. The molecular formula is C6H10N2O2S. The topological polar surface area (TPSA) is 59.2 Å². The molecule has 0 unspecified atom stereocenters. The number of aromatic nitrogens is 2. The molecule has 0 spiro atoms. The Kier molecular flexibility index (Phi) is 2.20. The minimum Gasteiger partial charge on any atom is -0.413 e. The molecule has 1 aromatic rings. The fourth-order valence-corrected chi connectivity index (χ4v) is 0.824. The Morgan fingerprint density at radius 1 is 1.45 bits per heavy atom. The molecule has 0 amide bonds. The molecular weight excluding hydrogens is 164 g/mol. The van der Waals surface area contributed by atoms with Crippen LogP contribution in [0.5, 0.6) is 0 Å². The van der Waals surface area contributed by atoms with Gasteiger partial charge in [0, 0.05) is 0 Å². The van der Waals surface area contributed by atoms with Crippen molar-refractivity contribution < 1.29 is 9.52 Å². The first-order chi connectivity index (χ1) is 5.04. The molecule has 1 rings (SSSR count). The Morgan fingerprint density at radius 3 is 2.36 bits per heavy atom. The Morgan fingerprint density at radius 2 is 2.09 bits per heavy atom. The van der Waals surface area contributed by atoms with E-state index in [-0.39, 0.29) is 5.89 Å². The summed E-state index contributed by atoms with van der Waals surface area (Å²) >= 11 is 1.35. The second-order valence-corrected chi connectivity index (χ2v) is 3.39. The Balaban J connectivity index is 2.89. The van der Waals surface area contributed by atoms with Crippen molar-refractivity contribution in [2.24, 2.45) is 0 Å². The largest absolute Gasteiger partial charge is 0.413 e. The van der Waals surface area contributed by atoms with E-state index in [0.717, 1.165) is 0 Å². The van der Waals surface area contributed by atoms with E-state index in [1.807, 2.05) is 6.26 Å². The molecule has 0 aliphatic carbocycles. The lowest BCUT2D eigenvalue weighted by Crippen LogP contribution is -2.15. The summed E-state index contributed by atoms with van der Waals surface area (Å²) in [6, 6.07) is 0. The quantitative estimate of drug-likeness (QED) is 0.678. The van der Waals surface area contributed by atoms with Crippen LogP contribution in [0.4, 0.5) is 0 Å². The molecule has 1 aromatic heterocycles. The van der Waals surface area contributed by atoms with Crippen molar-refractivity contribution in [2.75, 3.05) is 6.26 Å². The van der Waals surface area contributed by atoms with Gasteiger partial charge in [-0.1, -0.05) is 11.8 Å². The van der Waals surface area contributed by atoms with Crippen LogP contribution in [0, 0.1) is 0 Å². The molecule has 62 valence electrons. The number of hydrogen-bond donors (Lipinski definition) is 1. The highest BCUT2D eigenvalue weighted by molar-refractivity contribution is 7.98. The van der Waals surface area contributed by atoms with Gasteiger partial charge in [-0.15, -0.1) is 10.2 Å². The molecule has 5 heteroatoms. The van der Waals surface area contributed by atoms with Gasteiger partial charge in [0.05, 0.1) is 0 Å². The van der Waals surface area contributed by atoms with E-state index < -0.39 is 5.60 Å². The second kappa shape index (κ2) is 2.83. The summed E-state index contributed by atoms with van der Waals surface area (Å²) in [5.41, 5.74) is -1.04. The van der Waals surface area contributed by atoms with Gasteiger partial charge in [0.2, 0.25) is 5.89 Å². The van der Waals surface area contributed by atoms with Crippen LogP contribution >= 0.6 is 11.8 Å². The Labute approximate surface area is 69.0 Å². The predicted octanol–water partition coefficient (Wildman–Crippen LogP) is 1.02. The molecule has 0 aromatic carbocycles. The molecule has 0 bridgehead atoms. The molecule has 0 aliphatic rings. The fourth-order valence-electron chi connectivity index (χ4n) is 0.539. The van der Waals surface area contributed by atoms with Crippen LogP contribution in [-0.4, -0.2) is 21.6 Å². The number of rotatable bonds is 2. The van der Waals surface area contributed by atoms with E-state index in [2.05, 4.69) is 10.2 Å². The van der Waals surface area contributed by atoms with E-state index in [1.54, 1.807) is 13.8 Å². The van der Waals surface area contributed by atoms with Crippen LogP contribution in [-0.2, 0) is 5.60 Å². The molecule has 0 atom stereocenters. The lowest BCUT2D eigenvalue weighted by atomic mass is 10.1. The standard InChI is InChI=1S/C6H10N2O2S/c1-6(2,9)4-7-8-5(10-4)11-3/h9H,1-3H3. The zero-order valence-corrected chi connectivity index (χ0v) is 7.47. The molecule has 0 saturated carbocycles. The van der Waals surface area contributed by atoms with E-state index in [0.29, 0.717) is 5.22 Å². The molecule has 11 heavy (non-hydrogen) atoms. The minimum absolute atomic E-state index is 0.252. The summed E-state index contributed by atoms with van der Waals surface area (Å²) < 4.78 is 5.09. The number of nitrogens with zero attached hydrogens (tertiary/aromatic N) is 2.